The minimum atomic E-state index is -0.873. The molecule has 0 spiro atoms. The zero-order valence-electron chi connectivity index (χ0n) is 9.42. The van der Waals surface area contributed by atoms with Gasteiger partial charge in [0, 0.05) is 4.90 Å². The smallest absolute Gasteiger partial charge is 0.316 e. The van der Waals surface area contributed by atoms with Gasteiger partial charge in [0.2, 0.25) is 0 Å². The first kappa shape index (κ1) is 13.6. The molecule has 4 nitrogen and oxygen atoms in total. The fourth-order valence-electron chi connectivity index (χ4n) is 1.33. The molecule has 0 bridgehead atoms. The highest BCUT2D eigenvalue weighted by molar-refractivity contribution is 8.00. The van der Waals surface area contributed by atoms with Crippen molar-refractivity contribution < 1.29 is 19.8 Å². The molecule has 0 aliphatic rings. The van der Waals surface area contributed by atoms with Crippen molar-refractivity contribution in [2.45, 2.75) is 29.9 Å². The zero-order valence-corrected chi connectivity index (χ0v) is 10.2. The van der Waals surface area contributed by atoms with Crippen LogP contribution in [-0.2, 0) is 16.0 Å². The number of carboxylic acids is 2. The summed E-state index contributed by atoms with van der Waals surface area (Å²) in [5, 5.41) is 17.1. The molecule has 2 N–H and O–H groups in total. The van der Waals surface area contributed by atoms with Gasteiger partial charge in [-0.05, 0) is 24.1 Å². The predicted octanol–water partition coefficient (Wildman–Crippen LogP) is 2.27. The second-order valence-electron chi connectivity index (χ2n) is 3.57. The number of benzene rings is 1. The first-order valence-electron chi connectivity index (χ1n) is 5.23. The number of carbonyl (C=O) groups is 2. The van der Waals surface area contributed by atoms with Gasteiger partial charge in [-0.2, -0.15) is 0 Å². The number of rotatable bonds is 6. The van der Waals surface area contributed by atoms with E-state index in [1.54, 1.807) is 24.3 Å². The van der Waals surface area contributed by atoms with Gasteiger partial charge in [-0.3, -0.25) is 9.59 Å². The van der Waals surface area contributed by atoms with Crippen LogP contribution in [0.5, 0.6) is 0 Å². The fourth-order valence-corrected chi connectivity index (χ4v) is 2.22. The zero-order chi connectivity index (χ0) is 12.8. The van der Waals surface area contributed by atoms with Crippen LogP contribution in [0, 0.1) is 0 Å². The van der Waals surface area contributed by atoms with Crippen molar-refractivity contribution in [2.75, 3.05) is 0 Å². The second-order valence-corrected chi connectivity index (χ2v) is 4.84. The van der Waals surface area contributed by atoms with E-state index in [1.807, 2.05) is 6.92 Å². The van der Waals surface area contributed by atoms with Crippen molar-refractivity contribution in [3.05, 3.63) is 29.8 Å². The molecule has 1 aromatic carbocycles. The largest absolute Gasteiger partial charge is 0.481 e. The highest BCUT2D eigenvalue weighted by Gasteiger charge is 2.16. The van der Waals surface area contributed by atoms with Crippen molar-refractivity contribution in [1.29, 1.82) is 0 Å². The average molecular weight is 254 g/mol. The Hall–Kier alpha value is -1.49. The van der Waals surface area contributed by atoms with E-state index in [4.69, 9.17) is 10.2 Å². The van der Waals surface area contributed by atoms with E-state index in [9.17, 15) is 9.59 Å². The lowest BCUT2D eigenvalue weighted by molar-refractivity contribution is -0.137. The minimum absolute atomic E-state index is 0.0128. The minimum Gasteiger partial charge on any atom is -0.481 e. The molecule has 0 amide bonds. The summed E-state index contributed by atoms with van der Waals surface area (Å²) < 4.78 is 0. The topological polar surface area (TPSA) is 74.6 Å². The quantitative estimate of drug-likeness (QED) is 0.762. The van der Waals surface area contributed by atoms with Crippen molar-refractivity contribution in [3.8, 4) is 0 Å². The van der Waals surface area contributed by atoms with Crippen molar-refractivity contribution in [2.24, 2.45) is 0 Å². The van der Waals surface area contributed by atoms with E-state index in [0.717, 1.165) is 4.90 Å². The summed E-state index contributed by atoms with van der Waals surface area (Å²) in [4.78, 5) is 22.2. The number of carboxylic acid groups (broad SMARTS) is 2. The Balaban J connectivity index is 2.67. The Morgan fingerprint density at radius 3 is 2.24 bits per heavy atom. The van der Waals surface area contributed by atoms with E-state index in [2.05, 4.69) is 0 Å². The summed E-state index contributed by atoms with van der Waals surface area (Å²) >= 11 is 1.28. The summed E-state index contributed by atoms with van der Waals surface area (Å²) in [7, 11) is 0. The SMILES string of the molecule is CCC(Sc1ccc(CC(=O)O)cc1)C(=O)O. The lowest BCUT2D eigenvalue weighted by Crippen LogP contribution is -2.14. The molecule has 0 aromatic heterocycles. The van der Waals surface area contributed by atoms with E-state index >= 15 is 0 Å². The van der Waals surface area contributed by atoms with Crippen LogP contribution in [0.4, 0.5) is 0 Å². The lowest BCUT2D eigenvalue weighted by atomic mass is 10.2. The third-order valence-electron chi connectivity index (χ3n) is 2.20. The van der Waals surface area contributed by atoms with E-state index < -0.39 is 17.2 Å². The standard InChI is InChI=1S/C12H14O4S/c1-2-10(12(15)16)17-9-5-3-8(4-6-9)7-11(13)14/h3-6,10H,2,7H2,1H3,(H,13,14)(H,15,16). The second kappa shape index (κ2) is 6.30. The van der Waals surface area contributed by atoms with Crippen LogP contribution in [0.1, 0.15) is 18.9 Å². The molecule has 92 valence electrons. The Bertz CT molecular complexity index is 399. The maximum Gasteiger partial charge on any atom is 0.316 e. The van der Waals surface area contributed by atoms with Crippen LogP contribution in [0.2, 0.25) is 0 Å². The van der Waals surface area contributed by atoms with Gasteiger partial charge in [0.1, 0.15) is 5.25 Å². The number of hydrogen-bond donors (Lipinski definition) is 2. The molecule has 1 rings (SSSR count). The highest BCUT2D eigenvalue weighted by Crippen LogP contribution is 2.25. The summed E-state index contributed by atoms with van der Waals surface area (Å²) in [6.45, 7) is 1.82. The van der Waals surface area contributed by atoms with Crippen LogP contribution in [0.15, 0.2) is 29.2 Å². The molecule has 5 heteroatoms. The van der Waals surface area contributed by atoms with Gasteiger partial charge in [-0.15, -0.1) is 11.8 Å². The van der Waals surface area contributed by atoms with Gasteiger partial charge in [0.05, 0.1) is 6.42 Å². The number of thioether (sulfide) groups is 1. The monoisotopic (exact) mass is 254 g/mol. The summed E-state index contributed by atoms with van der Waals surface area (Å²) in [6, 6.07) is 6.94. The predicted molar refractivity (Wildman–Crippen MR) is 65.4 cm³/mol. The Labute approximate surface area is 104 Å². The molecule has 1 aromatic rings. The fraction of sp³-hybridized carbons (Fsp3) is 0.333. The molecule has 0 radical (unpaired) electrons. The van der Waals surface area contributed by atoms with Crippen LogP contribution < -0.4 is 0 Å². The van der Waals surface area contributed by atoms with Crippen molar-refractivity contribution in [1.82, 2.24) is 0 Å². The molecular formula is C12H14O4S. The van der Waals surface area contributed by atoms with E-state index in [0.29, 0.717) is 12.0 Å². The van der Waals surface area contributed by atoms with E-state index in [-0.39, 0.29) is 6.42 Å². The maximum atomic E-state index is 10.8. The molecule has 0 aliphatic carbocycles. The first-order valence-corrected chi connectivity index (χ1v) is 6.11. The Morgan fingerprint density at radius 2 is 1.82 bits per heavy atom. The number of hydrogen-bond acceptors (Lipinski definition) is 3. The van der Waals surface area contributed by atoms with E-state index in [1.165, 1.54) is 11.8 Å². The summed E-state index contributed by atoms with van der Waals surface area (Å²) in [5.74, 6) is -1.70. The third-order valence-corrected chi connectivity index (χ3v) is 3.57. The Morgan fingerprint density at radius 1 is 1.24 bits per heavy atom. The van der Waals surface area contributed by atoms with Crippen molar-refractivity contribution in [3.63, 3.8) is 0 Å². The summed E-state index contributed by atoms with van der Waals surface area (Å²) in [6.07, 6.45) is 0.540. The molecule has 0 heterocycles. The van der Waals surface area contributed by atoms with Gasteiger partial charge in [0.25, 0.3) is 0 Å². The molecule has 0 aliphatic heterocycles. The number of aliphatic carboxylic acids is 2. The first-order chi connectivity index (χ1) is 8.02. The highest BCUT2D eigenvalue weighted by atomic mass is 32.2. The van der Waals surface area contributed by atoms with Gasteiger partial charge in [-0.1, -0.05) is 19.1 Å². The van der Waals surface area contributed by atoms with Crippen LogP contribution in [0.25, 0.3) is 0 Å². The average Bonchev–Trinajstić information content (AvgIpc) is 2.26. The van der Waals surface area contributed by atoms with Gasteiger partial charge in [0.15, 0.2) is 0 Å². The van der Waals surface area contributed by atoms with Gasteiger partial charge >= 0.3 is 11.9 Å². The van der Waals surface area contributed by atoms with Crippen LogP contribution in [-0.4, -0.2) is 27.4 Å². The maximum absolute atomic E-state index is 10.8. The summed E-state index contributed by atoms with van der Waals surface area (Å²) in [5.41, 5.74) is 0.713. The molecular weight excluding hydrogens is 240 g/mol. The van der Waals surface area contributed by atoms with Crippen LogP contribution >= 0.6 is 11.8 Å². The normalized spacial score (nSPS) is 12.1. The molecule has 0 fully saturated rings. The van der Waals surface area contributed by atoms with Gasteiger partial charge in [-0.25, -0.2) is 0 Å². The molecule has 1 unspecified atom stereocenters. The molecule has 0 saturated heterocycles. The van der Waals surface area contributed by atoms with Crippen molar-refractivity contribution >= 4 is 23.7 Å². The van der Waals surface area contributed by atoms with Gasteiger partial charge < -0.3 is 10.2 Å². The third kappa shape index (κ3) is 4.48. The molecule has 1 atom stereocenters. The van der Waals surface area contributed by atoms with Crippen LogP contribution in [0.3, 0.4) is 0 Å². The molecule has 0 saturated carbocycles. The lowest BCUT2D eigenvalue weighted by Gasteiger charge is -2.09. The Kier molecular flexibility index (Phi) is 5.03. The molecule has 17 heavy (non-hydrogen) atoms.